The topological polar surface area (TPSA) is 293 Å². The fourth-order valence-electron chi connectivity index (χ4n) is 2.78. The zero-order valence-corrected chi connectivity index (χ0v) is 18.4. The highest BCUT2D eigenvalue weighted by Gasteiger charge is 2.46. The lowest BCUT2D eigenvalue weighted by Crippen LogP contribution is -2.33. The van der Waals surface area contributed by atoms with E-state index in [4.69, 9.17) is 14.5 Å². The number of phosphoric ester groups is 1. The molecule has 7 atom stereocenters. The second kappa shape index (κ2) is 9.16. The summed E-state index contributed by atoms with van der Waals surface area (Å²) in [6.45, 7) is -1.08. The lowest BCUT2D eigenvalue weighted by Gasteiger charge is -2.21. The van der Waals surface area contributed by atoms with Crippen molar-refractivity contribution < 1.29 is 61.4 Å². The van der Waals surface area contributed by atoms with Gasteiger partial charge in [0.1, 0.15) is 23.8 Å². The van der Waals surface area contributed by atoms with E-state index in [9.17, 15) is 43.3 Å². The molecule has 3 rings (SSSR count). The molecule has 22 heteroatoms. The molecule has 0 saturated carbocycles. The zero-order chi connectivity index (χ0) is 24.8. The molecular weight excluding hydrogens is 521 g/mol. The Kier molecular flexibility index (Phi) is 7.20. The molecule has 184 valence electrons. The number of hydrogen-bond acceptors (Lipinski definition) is 14. The molecule has 2 aromatic heterocycles. The summed E-state index contributed by atoms with van der Waals surface area (Å²) in [5.74, 6) is 0. The fraction of sp³-hybridized carbons (Fsp3) is 0.455. The molecule has 1 aliphatic heterocycles. The molecule has 1 saturated heterocycles. The Morgan fingerprint density at radius 3 is 2.39 bits per heavy atom. The zero-order valence-electron chi connectivity index (χ0n) is 15.7. The van der Waals surface area contributed by atoms with Gasteiger partial charge in [0, 0.05) is 0 Å². The van der Waals surface area contributed by atoms with Gasteiger partial charge < -0.3 is 39.5 Å². The number of aromatic amines is 1. The number of rotatable bonds is 8. The van der Waals surface area contributed by atoms with E-state index < -0.39 is 71.3 Å². The first-order chi connectivity index (χ1) is 15.1. The van der Waals surface area contributed by atoms with Gasteiger partial charge >= 0.3 is 15.6 Å². The van der Waals surface area contributed by atoms with Crippen LogP contribution in [0, 0.1) is 0 Å². The van der Waals surface area contributed by atoms with Crippen LogP contribution in [0.5, 0.6) is 0 Å². The van der Waals surface area contributed by atoms with E-state index in [1.54, 1.807) is 0 Å². The minimum atomic E-state index is -5.84. The van der Waals surface area contributed by atoms with Gasteiger partial charge in [-0.25, -0.2) is 18.4 Å². The van der Waals surface area contributed by atoms with Gasteiger partial charge in [0.05, 0.1) is 19.3 Å². The smallest absolute Gasteiger partial charge is 0.487 e. The van der Waals surface area contributed by atoms with Gasteiger partial charge in [-0.05, 0) is 0 Å². The van der Waals surface area contributed by atoms with E-state index in [1.807, 2.05) is 0 Å². The molecule has 2 aromatic rings. The average molecular weight is 535 g/mol. The number of aliphatic hydroxyl groups excluding tert-OH is 2. The van der Waals surface area contributed by atoms with Crippen molar-refractivity contribution in [1.29, 1.82) is 0 Å². The fourth-order valence-corrected chi connectivity index (χ4v) is 5.78. The monoisotopic (exact) mass is 535 g/mol. The number of imidazole rings is 1. The number of nitrogens with zero attached hydrogens (tertiary/aromatic N) is 3. The van der Waals surface area contributed by atoms with Gasteiger partial charge in [-0.2, -0.15) is 9.29 Å². The molecule has 3 heterocycles. The largest absolute Gasteiger partial charge is 0.756 e. The first kappa shape index (κ1) is 25.9. The van der Waals surface area contributed by atoms with Gasteiger partial charge in [0.2, 0.25) is 0 Å². The third kappa shape index (κ3) is 6.06. The van der Waals surface area contributed by atoms with Crippen LogP contribution in [0.15, 0.2) is 22.2 Å². The summed E-state index contributed by atoms with van der Waals surface area (Å²) in [5, 5.41) is 20.4. The molecule has 0 aliphatic carbocycles. The van der Waals surface area contributed by atoms with Gasteiger partial charge in [-0.1, -0.05) is 0 Å². The second-order valence-electron chi connectivity index (χ2n) is 6.30. The molecule has 0 spiro atoms. The van der Waals surface area contributed by atoms with Crippen molar-refractivity contribution in [3.63, 3.8) is 0 Å². The highest BCUT2D eigenvalue weighted by atomic mass is 31.3. The molecule has 19 nitrogen and oxygen atoms in total. The van der Waals surface area contributed by atoms with E-state index in [0.717, 1.165) is 17.2 Å². The predicted molar refractivity (Wildman–Crippen MR) is 97.9 cm³/mol. The van der Waals surface area contributed by atoms with Crippen LogP contribution in [0.4, 0.5) is 0 Å². The minimum Gasteiger partial charge on any atom is -0.756 e. The van der Waals surface area contributed by atoms with Gasteiger partial charge in [-0.15, -0.1) is 0 Å². The van der Waals surface area contributed by atoms with E-state index in [1.165, 1.54) is 0 Å². The van der Waals surface area contributed by atoms with E-state index in [0.29, 0.717) is 0 Å². The normalized spacial score (nSPS) is 28.8. The lowest BCUT2D eigenvalue weighted by molar-refractivity contribution is -0.212. The molecule has 0 amide bonds. The number of nitrogens with one attached hydrogen (secondary N) is 1. The van der Waals surface area contributed by atoms with Crippen LogP contribution in [-0.4, -0.2) is 69.3 Å². The van der Waals surface area contributed by atoms with Crippen molar-refractivity contribution in [2.45, 2.75) is 24.5 Å². The van der Waals surface area contributed by atoms with Crippen molar-refractivity contribution in [1.82, 2.24) is 19.5 Å². The Morgan fingerprint density at radius 2 is 1.76 bits per heavy atom. The third-order valence-electron chi connectivity index (χ3n) is 4.01. The van der Waals surface area contributed by atoms with Crippen molar-refractivity contribution >= 4 is 34.5 Å². The molecule has 1 fully saturated rings. The Morgan fingerprint density at radius 1 is 1.09 bits per heavy atom. The quantitative estimate of drug-likeness (QED) is 0.181. The number of aliphatic hydroxyl groups is 2. The number of H-pyrrole nitrogens is 1. The highest BCUT2D eigenvalue weighted by Crippen LogP contribution is 2.65. The van der Waals surface area contributed by atoms with Gasteiger partial charge in [-0.3, -0.25) is 23.2 Å². The first-order valence-corrected chi connectivity index (χ1v) is 12.8. The second-order valence-corrected chi connectivity index (χ2v) is 10.7. The summed E-state index contributed by atoms with van der Waals surface area (Å²) in [4.78, 5) is 70.8. The maximum absolute atomic E-state index is 12.2. The Bertz CT molecular complexity index is 1300. The van der Waals surface area contributed by atoms with Crippen molar-refractivity contribution in [2.75, 3.05) is 6.61 Å². The van der Waals surface area contributed by atoms with Crippen LogP contribution in [0.3, 0.4) is 0 Å². The molecule has 0 bridgehead atoms. The summed E-state index contributed by atoms with van der Waals surface area (Å²) >= 11 is 0. The van der Waals surface area contributed by atoms with Crippen molar-refractivity contribution in [3.8, 4) is 0 Å². The summed E-state index contributed by atoms with van der Waals surface area (Å²) in [7, 11) is -17.2. The van der Waals surface area contributed by atoms with E-state index >= 15 is 0 Å². The van der Waals surface area contributed by atoms with Crippen LogP contribution in [0.1, 0.15) is 6.23 Å². The first-order valence-electron chi connectivity index (χ1n) is 8.33. The van der Waals surface area contributed by atoms with Crippen LogP contribution >= 0.6 is 23.5 Å². The van der Waals surface area contributed by atoms with Gasteiger partial charge in [0.15, 0.2) is 11.7 Å². The van der Waals surface area contributed by atoms with Crippen LogP contribution in [-0.2, 0) is 31.6 Å². The van der Waals surface area contributed by atoms with E-state index in [-0.39, 0.29) is 5.52 Å². The average Bonchev–Trinajstić information content (AvgIpc) is 3.15. The van der Waals surface area contributed by atoms with Gasteiger partial charge in [0.25, 0.3) is 18.9 Å². The molecule has 0 radical (unpaired) electrons. The molecule has 6 N–H and O–H groups in total. The number of fused-ring (bicyclic) bond motifs is 1. The predicted octanol–water partition coefficient (Wildman–Crippen LogP) is -3.19. The molecule has 0 aromatic carbocycles. The van der Waals surface area contributed by atoms with Crippen LogP contribution in [0.25, 0.3) is 11.0 Å². The summed E-state index contributed by atoms with van der Waals surface area (Å²) in [6.07, 6.45) is -5.05. The minimum absolute atomic E-state index is 0.379. The molecule has 3 unspecified atom stereocenters. The number of phosphoric acid groups is 3. The number of hydrogen-bond donors (Lipinski definition) is 6. The summed E-state index contributed by atoms with van der Waals surface area (Å²) in [6, 6.07) is 0. The van der Waals surface area contributed by atoms with Crippen LogP contribution in [0.2, 0.25) is 0 Å². The SMILES string of the molecule is O=c1nc[nH]c(=O)c2c1ncn2[C@H]1O[C@@H](COP(=O)(O)OP(=O)(O)OP(=O)([O-])O)[C@H](O)[C@@H]1O. The summed E-state index contributed by atoms with van der Waals surface area (Å²) in [5.41, 5.74) is -2.52. The van der Waals surface area contributed by atoms with Crippen molar-refractivity contribution in [2.24, 2.45) is 0 Å². The number of aromatic nitrogens is 4. The van der Waals surface area contributed by atoms with Crippen molar-refractivity contribution in [3.05, 3.63) is 33.4 Å². The summed E-state index contributed by atoms with van der Waals surface area (Å²) < 4.78 is 51.1. The maximum atomic E-state index is 12.2. The maximum Gasteiger partial charge on any atom is 0.487 e. The van der Waals surface area contributed by atoms with E-state index in [2.05, 4.69) is 28.1 Å². The number of ether oxygens (including phenoxy) is 1. The Hall–Kier alpha value is -1.69. The standard InChI is InChI=1S/C11H15N4O15P3/c16-7-4(1-27-32(23,24)30-33(25,26)29-31(20,21)22)28-11(8(7)17)15-3-14-5-6(15)10(19)13-2-12-9(5)18/h2-4,7-8,11,16-17H,1H2,(H,23,24)(H,25,26)(H2,20,21,22)(H,12,13,18,19)/p-1/t4-,7-,8-,11-/m0/s1. The lowest BCUT2D eigenvalue weighted by atomic mass is 10.1. The molecule has 33 heavy (non-hydrogen) atoms. The Balaban J connectivity index is 1.77. The van der Waals surface area contributed by atoms with Crippen LogP contribution < -0.4 is 16.0 Å². The highest BCUT2D eigenvalue weighted by molar-refractivity contribution is 7.66. The molecule has 1 aliphatic rings. The Labute approximate surface area is 180 Å². The third-order valence-corrected chi connectivity index (χ3v) is 7.79. The molecular formula is C11H14N4O15P3-.